The summed E-state index contributed by atoms with van der Waals surface area (Å²) in [5.74, 6) is 0.767. The van der Waals surface area contributed by atoms with Crippen molar-refractivity contribution in [2.24, 2.45) is 0 Å². The highest BCUT2D eigenvalue weighted by atomic mass is 32.2. The number of hydrogen-bond acceptors (Lipinski definition) is 7. The van der Waals surface area contributed by atoms with Gasteiger partial charge in [0.25, 0.3) is 0 Å². The number of piperidine rings is 1. The van der Waals surface area contributed by atoms with Crippen LogP contribution in [0.4, 0.5) is 0 Å². The Morgan fingerprint density at radius 3 is 2.96 bits per heavy atom. The summed E-state index contributed by atoms with van der Waals surface area (Å²) in [5.41, 5.74) is 0.891. The van der Waals surface area contributed by atoms with Crippen LogP contribution in [0.15, 0.2) is 21.2 Å². The van der Waals surface area contributed by atoms with Crippen molar-refractivity contribution in [2.75, 3.05) is 32.9 Å². The molecule has 1 aliphatic rings. The molecule has 0 saturated carbocycles. The van der Waals surface area contributed by atoms with Gasteiger partial charge in [-0.2, -0.15) is 15.6 Å². The highest BCUT2D eigenvalue weighted by Crippen LogP contribution is 2.29. The summed E-state index contributed by atoms with van der Waals surface area (Å²) < 4.78 is 29.8. The molecule has 0 aromatic carbocycles. The molecule has 3 rings (SSSR count). The minimum Gasteiger partial charge on any atom is -0.420 e. The maximum atomic E-state index is 12.4. The van der Waals surface area contributed by atoms with Crippen LogP contribution in [-0.4, -0.2) is 66.7 Å². The van der Waals surface area contributed by atoms with Crippen molar-refractivity contribution < 1.29 is 17.6 Å². The second kappa shape index (κ2) is 7.22. The standard InChI is InChI=1S/C15H20N4O4S2/c1-18(25(2,21)22)9-13(20)19-6-3-4-11(8-19)14-16-17-15(23-14)12-5-7-24-10-12/h5,7,10-11H,3-4,6,8-9H2,1-2H3. The molecule has 2 aromatic heterocycles. The molecule has 136 valence electrons. The van der Waals surface area contributed by atoms with E-state index in [-0.39, 0.29) is 18.4 Å². The minimum absolute atomic E-state index is 0.0267. The monoisotopic (exact) mass is 384 g/mol. The van der Waals surface area contributed by atoms with Crippen molar-refractivity contribution in [3.05, 3.63) is 22.7 Å². The van der Waals surface area contributed by atoms with E-state index >= 15 is 0 Å². The number of carbonyl (C=O) groups excluding carboxylic acids is 1. The fraction of sp³-hybridized carbons (Fsp3) is 0.533. The largest absolute Gasteiger partial charge is 0.420 e. The predicted molar refractivity (Wildman–Crippen MR) is 93.6 cm³/mol. The number of rotatable bonds is 5. The molecular weight excluding hydrogens is 364 g/mol. The Bertz CT molecular complexity index is 832. The molecule has 0 radical (unpaired) electrons. The normalized spacial score (nSPS) is 18.7. The van der Waals surface area contributed by atoms with Crippen LogP contribution < -0.4 is 0 Å². The van der Waals surface area contributed by atoms with Gasteiger partial charge < -0.3 is 9.32 Å². The van der Waals surface area contributed by atoms with Gasteiger partial charge in [0.05, 0.1) is 18.7 Å². The number of amides is 1. The Hall–Kier alpha value is -1.78. The van der Waals surface area contributed by atoms with Gasteiger partial charge >= 0.3 is 0 Å². The van der Waals surface area contributed by atoms with Gasteiger partial charge in [-0.25, -0.2) is 8.42 Å². The predicted octanol–water partition coefficient (Wildman–Crippen LogP) is 1.40. The lowest BCUT2D eigenvalue weighted by atomic mass is 9.98. The summed E-state index contributed by atoms with van der Waals surface area (Å²) in [5, 5.41) is 12.1. The second-order valence-electron chi connectivity index (χ2n) is 6.16. The van der Waals surface area contributed by atoms with E-state index in [0.29, 0.717) is 24.9 Å². The minimum atomic E-state index is -3.38. The molecule has 0 spiro atoms. The van der Waals surface area contributed by atoms with Crippen LogP contribution >= 0.6 is 11.3 Å². The third-order valence-corrected chi connectivity index (χ3v) is 6.20. The zero-order chi connectivity index (χ0) is 18.0. The summed E-state index contributed by atoms with van der Waals surface area (Å²) in [6.45, 7) is 0.912. The lowest BCUT2D eigenvalue weighted by Crippen LogP contribution is -2.44. The van der Waals surface area contributed by atoms with Crippen LogP contribution in [0.3, 0.4) is 0 Å². The topological polar surface area (TPSA) is 96.6 Å². The molecule has 1 atom stereocenters. The number of likely N-dealkylation sites (tertiary alicyclic amines) is 1. The van der Waals surface area contributed by atoms with E-state index in [2.05, 4.69) is 10.2 Å². The molecular formula is C15H20N4O4S2. The van der Waals surface area contributed by atoms with Gasteiger partial charge in [0.2, 0.25) is 27.7 Å². The van der Waals surface area contributed by atoms with Crippen LogP contribution in [0.25, 0.3) is 11.5 Å². The van der Waals surface area contributed by atoms with E-state index in [9.17, 15) is 13.2 Å². The summed E-state index contributed by atoms with van der Waals surface area (Å²) in [6.07, 6.45) is 2.76. The first kappa shape index (κ1) is 18.0. The quantitative estimate of drug-likeness (QED) is 0.773. The molecule has 10 heteroatoms. The molecule has 1 fully saturated rings. The van der Waals surface area contributed by atoms with E-state index in [1.807, 2.05) is 16.8 Å². The van der Waals surface area contributed by atoms with Crippen molar-refractivity contribution in [1.29, 1.82) is 0 Å². The molecule has 8 nitrogen and oxygen atoms in total. The van der Waals surface area contributed by atoms with Gasteiger partial charge in [-0.3, -0.25) is 4.79 Å². The summed E-state index contributed by atoms with van der Waals surface area (Å²) in [4.78, 5) is 14.0. The van der Waals surface area contributed by atoms with Crippen molar-refractivity contribution in [2.45, 2.75) is 18.8 Å². The fourth-order valence-corrected chi connectivity index (χ4v) is 3.69. The number of nitrogens with zero attached hydrogens (tertiary/aromatic N) is 4. The highest BCUT2D eigenvalue weighted by Gasteiger charge is 2.29. The molecule has 3 heterocycles. The molecule has 1 aliphatic heterocycles. The maximum absolute atomic E-state index is 12.4. The molecule has 2 aromatic rings. The lowest BCUT2D eigenvalue weighted by molar-refractivity contribution is -0.132. The second-order valence-corrected chi connectivity index (χ2v) is 9.02. The van der Waals surface area contributed by atoms with Crippen LogP contribution in [0, 0.1) is 0 Å². The zero-order valence-corrected chi connectivity index (χ0v) is 15.7. The fourth-order valence-electron chi connectivity index (χ4n) is 2.72. The Balaban J connectivity index is 1.66. The van der Waals surface area contributed by atoms with Gasteiger partial charge in [-0.05, 0) is 24.3 Å². The Labute approximate surface area is 150 Å². The molecule has 1 saturated heterocycles. The van der Waals surface area contributed by atoms with Crippen LogP contribution in [0.5, 0.6) is 0 Å². The number of sulfonamides is 1. The first-order valence-electron chi connectivity index (χ1n) is 7.89. The summed E-state index contributed by atoms with van der Waals surface area (Å²) in [6, 6.07) is 1.92. The zero-order valence-electron chi connectivity index (χ0n) is 14.1. The van der Waals surface area contributed by atoms with E-state index in [0.717, 1.165) is 29.0 Å². The van der Waals surface area contributed by atoms with Gasteiger partial charge in [0.1, 0.15) is 0 Å². The number of thiophene rings is 1. The lowest BCUT2D eigenvalue weighted by Gasteiger charge is -2.32. The van der Waals surface area contributed by atoms with Crippen LogP contribution in [0.2, 0.25) is 0 Å². The van der Waals surface area contributed by atoms with E-state index < -0.39 is 10.0 Å². The molecule has 0 N–H and O–H groups in total. The van der Waals surface area contributed by atoms with Crippen molar-refractivity contribution in [1.82, 2.24) is 19.4 Å². The van der Waals surface area contributed by atoms with E-state index in [1.54, 1.807) is 16.2 Å². The number of aromatic nitrogens is 2. The number of likely N-dealkylation sites (N-methyl/N-ethyl adjacent to an activating group) is 1. The Morgan fingerprint density at radius 1 is 1.48 bits per heavy atom. The third-order valence-electron chi connectivity index (χ3n) is 4.26. The number of carbonyl (C=O) groups is 1. The average molecular weight is 384 g/mol. The van der Waals surface area contributed by atoms with Crippen molar-refractivity contribution in [3.8, 4) is 11.5 Å². The smallest absolute Gasteiger partial charge is 0.248 e. The van der Waals surface area contributed by atoms with Gasteiger partial charge in [-0.1, -0.05) is 0 Å². The van der Waals surface area contributed by atoms with Crippen molar-refractivity contribution >= 4 is 27.3 Å². The average Bonchev–Trinajstić information content (AvgIpc) is 3.25. The van der Waals surface area contributed by atoms with Gasteiger partial charge in [0.15, 0.2) is 0 Å². The number of hydrogen-bond donors (Lipinski definition) is 0. The van der Waals surface area contributed by atoms with Crippen molar-refractivity contribution in [3.63, 3.8) is 0 Å². The van der Waals surface area contributed by atoms with E-state index in [4.69, 9.17) is 4.42 Å². The van der Waals surface area contributed by atoms with Crippen LogP contribution in [-0.2, 0) is 14.8 Å². The van der Waals surface area contributed by atoms with E-state index in [1.165, 1.54) is 7.05 Å². The Kier molecular flexibility index (Phi) is 5.21. The SMILES string of the molecule is CN(CC(=O)N1CCCC(c2nnc(-c3ccsc3)o2)C1)S(C)(=O)=O. The maximum Gasteiger partial charge on any atom is 0.248 e. The van der Waals surface area contributed by atoms with Crippen LogP contribution in [0.1, 0.15) is 24.7 Å². The van der Waals surface area contributed by atoms with Gasteiger partial charge in [0, 0.05) is 31.1 Å². The van der Waals surface area contributed by atoms with Gasteiger partial charge in [-0.15, -0.1) is 10.2 Å². The summed E-state index contributed by atoms with van der Waals surface area (Å²) >= 11 is 1.56. The molecule has 1 unspecified atom stereocenters. The third kappa shape index (κ3) is 4.25. The highest BCUT2D eigenvalue weighted by molar-refractivity contribution is 7.88. The summed E-state index contributed by atoms with van der Waals surface area (Å²) in [7, 11) is -1.98. The first-order chi connectivity index (χ1) is 11.8. The molecule has 25 heavy (non-hydrogen) atoms. The Morgan fingerprint density at radius 2 is 2.28 bits per heavy atom. The molecule has 0 bridgehead atoms. The first-order valence-corrected chi connectivity index (χ1v) is 10.7. The molecule has 0 aliphatic carbocycles. The molecule has 1 amide bonds.